The molecule has 2 rings (SSSR count). The molecule has 38 heavy (non-hydrogen) atoms. The van der Waals surface area contributed by atoms with Crippen LogP contribution in [-0.2, 0) is 41.8 Å². The van der Waals surface area contributed by atoms with Crippen LogP contribution in [0.3, 0.4) is 0 Å². The van der Waals surface area contributed by atoms with Crippen LogP contribution in [0.25, 0.3) is 0 Å². The van der Waals surface area contributed by atoms with Crippen molar-refractivity contribution in [3.05, 3.63) is 71.8 Å². The zero-order chi connectivity index (χ0) is 27.6. The fourth-order valence-electron chi connectivity index (χ4n) is 3.05. The predicted octanol–water partition coefficient (Wildman–Crippen LogP) is 4.08. The third kappa shape index (κ3) is 12.2. The van der Waals surface area contributed by atoms with Gasteiger partial charge in [0, 0.05) is 11.5 Å². The summed E-state index contributed by atoms with van der Waals surface area (Å²) in [5.74, 6) is -0.120. The maximum absolute atomic E-state index is 12.1. The van der Waals surface area contributed by atoms with Crippen LogP contribution in [0, 0.1) is 0 Å². The zero-order valence-corrected chi connectivity index (χ0v) is 22.9. The lowest BCUT2D eigenvalue weighted by Gasteiger charge is -2.17. The van der Waals surface area contributed by atoms with E-state index >= 15 is 0 Å². The number of alkyl carbamates (subject to hydrolysis) is 2. The largest absolute Gasteiger partial charge is 0.467 e. The highest BCUT2D eigenvalue weighted by molar-refractivity contribution is 8.76. The molecule has 0 heterocycles. The van der Waals surface area contributed by atoms with Crippen molar-refractivity contribution in [1.82, 2.24) is 10.6 Å². The number of nitrogens with one attached hydrogen (secondary N) is 2. The SMILES string of the molecule is COC(=O)C(CCSSCC[C@H](NC(=O)OCc1ccccc1)C(=O)OC)NC(=O)OCc1ccccc1. The molecular weight excluding hydrogens is 532 g/mol. The Bertz CT molecular complexity index is 929. The number of rotatable bonds is 15. The van der Waals surface area contributed by atoms with E-state index in [2.05, 4.69) is 10.6 Å². The summed E-state index contributed by atoms with van der Waals surface area (Å²) in [5, 5.41) is 5.07. The molecule has 0 aromatic heterocycles. The van der Waals surface area contributed by atoms with E-state index in [-0.39, 0.29) is 13.2 Å². The van der Waals surface area contributed by atoms with Gasteiger partial charge in [-0.05, 0) is 24.0 Å². The second-order valence-corrected chi connectivity index (χ2v) is 10.5. The maximum atomic E-state index is 12.1. The molecule has 1 unspecified atom stereocenters. The van der Waals surface area contributed by atoms with Gasteiger partial charge in [-0.15, -0.1) is 0 Å². The lowest BCUT2D eigenvalue weighted by Crippen LogP contribution is -2.42. The molecule has 10 nitrogen and oxygen atoms in total. The van der Waals surface area contributed by atoms with Crippen molar-refractivity contribution in [2.24, 2.45) is 0 Å². The normalized spacial score (nSPS) is 11.9. The Labute approximate surface area is 229 Å². The average molecular weight is 565 g/mol. The molecule has 2 aromatic carbocycles. The van der Waals surface area contributed by atoms with Crippen molar-refractivity contribution in [2.45, 2.75) is 38.1 Å². The van der Waals surface area contributed by atoms with Gasteiger partial charge in [0.2, 0.25) is 0 Å². The summed E-state index contributed by atoms with van der Waals surface area (Å²) in [6, 6.07) is 16.7. The Morgan fingerprint density at radius 3 is 1.37 bits per heavy atom. The number of carbonyl (C=O) groups excluding carboxylic acids is 4. The van der Waals surface area contributed by atoms with E-state index in [1.165, 1.54) is 35.8 Å². The molecule has 12 heteroatoms. The summed E-state index contributed by atoms with van der Waals surface area (Å²) >= 11 is 0. The maximum Gasteiger partial charge on any atom is 0.408 e. The summed E-state index contributed by atoms with van der Waals surface area (Å²) in [7, 11) is 5.41. The smallest absolute Gasteiger partial charge is 0.408 e. The fourth-order valence-corrected chi connectivity index (χ4v) is 5.23. The zero-order valence-electron chi connectivity index (χ0n) is 21.3. The van der Waals surface area contributed by atoms with Gasteiger partial charge in [0.15, 0.2) is 0 Å². The number of esters is 2. The minimum Gasteiger partial charge on any atom is -0.467 e. The van der Waals surface area contributed by atoms with Crippen LogP contribution in [-0.4, -0.2) is 61.9 Å². The standard InChI is InChI=1S/C26H32N2O8S2/c1-33-23(29)21(27-25(31)35-17-19-9-5-3-6-10-19)13-15-37-38-16-14-22(24(30)34-2)28-26(32)36-18-20-11-7-4-8-12-20/h3-12,21-22H,13-18H2,1-2H3,(H,27,31)(H,28,32)/t21-,22?/m0/s1. The van der Waals surface area contributed by atoms with Gasteiger partial charge in [-0.2, -0.15) is 0 Å². The first-order chi connectivity index (χ1) is 18.4. The second kappa shape index (κ2) is 18.0. The Morgan fingerprint density at radius 2 is 1.03 bits per heavy atom. The van der Waals surface area contributed by atoms with E-state index in [0.29, 0.717) is 24.3 Å². The van der Waals surface area contributed by atoms with Crippen LogP contribution in [0.4, 0.5) is 9.59 Å². The van der Waals surface area contributed by atoms with Gasteiger partial charge >= 0.3 is 24.1 Å². The summed E-state index contributed by atoms with van der Waals surface area (Å²) in [6.45, 7) is 0.167. The summed E-state index contributed by atoms with van der Waals surface area (Å²) in [6.07, 6.45) is -0.800. The van der Waals surface area contributed by atoms with E-state index in [4.69, 9.17) is 18.9 Å². The predicted molar refractivity (Wildman–Crippen MR) is 145 cm³/mol. The molecule has 0 aliphatic rings. The molecule has 0 bridgehead atoms. The van der Waals surface area contributed by atoms with Crippen LogP contribution in [0.2, 0.25) is 0 Å². The van der Waals surface area contributed by atoms with Crippen LogP contribution in [0.5, 0.6) is 0 Å². The van der Waals surface area contributed by atoms with Crippen molar-refractivity contribution >= 4 is 45.7 Å². The van der Waals surface area contributed by atoms with Crippen LogP contribution >= 0.6 is 21.6 Å². The van der Waals surface area contributed by atoms with E-state index in [9.17, 15) is 19.2 Å². The molecule has 206 valence electrons. The number of carbonyl (C=O) groups is 4. The van der Waals surface area contributed by atoms with E-state index in [0.717, 1.165) is 11.1 Å². The molecule has 2 amide bonds. The van der Waals surface area contributed by atoms with Gasteiger partial charge in [-0.3, -0.25) is 0 Å². The average Bonchev–Trinajstić information content (AvgIpc) is 2.95. The molecule has 2 aromatic rings. The first kappa shape index (κ1) is 30.8. The third-order valence-corrected chi connectivity index (χ3v) is 7.52. The Kier molecular flexibility index (Phi) is 14.6. The number of ether oxygens (including phenoxy) is 4. The van der Waals surface area contributed by atoms with Gasteiger partial charge in [-0.1, -0.05) is 82.3 Å². The number of hydrogen-bond donors (Lipinski definition) is 2. The van der Waals surface area contributed by atoms with Crippen molar-refractivity contribution < 1.29 is 38.1 Å². The molecule has 0 aliphatic carbocycles. The van der Waals surface area contributed by atoms with Crippen molar-refractivity contribution in [3.63, 3.8) is 0 Å². The van der Waals surface area contributed by atoms with Gasteiger partial charge in [0.25, 0.3) is 0 Å². The molecule has 0 fully saturated rings. The van der Waals surface area contributed by atoms with Gasteiger partial charge in [0.1, 0.15) is 25.3 Å². The highest BCUT2D eigenvalue weighted by atomic mass is 33.1. The summed E-state index contributed by atoms with van der Waals surface area (Å²) in [5.41, 5.74) is 1.65. The van der Waals surface area contributed by atoms with E-state index < -0.39 is 36.2 Å². The van der Waals surface area contributed by atoms with E-state index in [1.54, 1.807) is 0 Å². The quantitative estimate of drug-likeness (QED) is 0.141. The fraction of sp³-hybridized carbons (Fsp3) is 0.385. The van der Waals surface area contributed by atoms with Crippen LogP contribution < -0.4 is 10.6 Å². The molecule has 0 radical (unpaired) electrons. The summed E-state index contributed by atoms with van der Waals surface area (Å²) < 4.78 is 19.9. The third-order valence-electron chi connectivity index (χ3n) is 5.04. The lowest BCUT2D eigenvalue weighted by atomic mass is 10.2. The van der Waals surface area contributed by atoms with Crippen LogP contribution in [0.15, 0.2) is 60.7 Å². The first-order valence-corrected chi connectivity index (χ1v) is 14.3. The van der Waals surface area contributed by atoms with Gasteiger partial charge in [-0.25, -0.2) is 19.2 Å². The minimum atomic E-state index is -0.861. The molecule has 2 atom stereocenters. The highest BCUT2D eigenvalue weighted by Gasteiger charge is 2.23. The van der Waals surface area contributed by atoms with E-state index in [1.807, 2.05) is 60.7 Å². The molecule has 0 saturated carbocycles. The molecule has 0 aliphatic heterocycles. The monoisotopic (exact) mass is 564 g/mol. The molecule has 0 saturated heterocycles. The Balaban J connectivity index is 1.69. The topological polar surface area (TPSA) is 129 Å². The Hall–Kier alpha value is -3.38. The first-order valence-electron chi connectivity index (χ1n) is 11.8. The van der Waals surface area contributed by atoms with Gasteiger partial charge in [0.05, 0.1) is 14.2 Å². The van der Waals surface area contributed by atoms with Crippen molar-refractivity contribution in [1.29, 1.82) is 0 Å². The number of hydrogen-bond acceptors (Lipinski definition) is 10. The molecule has 2 N–H and O–H groups in total. The van der Waals surface area contributed by atoms with Crippen molar-refractivity contribution in [3.8, 4) is 0 Å². The van der Waals surface area contributed by atoms with Crippen LogP contribution in [0.1, 0.15) is 24.0 Å². The number of amides is 2. The lowest BCUT2D eigenvalue weighted by molar-refractivity contribution is -0.143. The highest BCUT2D eigenvalue weighted by Crippen LogP contribution is 2.24. The van der Waals surface area contributed by atoms with Gasteiger partial charge < -0.3 is 29.6 Å². The number of benzene rings is 2. The van der Waals surface area contributed by atoms with Crippen molar-refractivity contribution in [2.75, 3.05) is 25.7 Å². The molecular formula is C26H32N2O8S2. The number of methoxy groups -OCH3 is 2. The summed E-state index contributed by atoms with van der Waals surface area (Å²) in [4.78, 5) is 48.4. The Morgan fingerprint density at radius 1 is 0.658 bits per heavy atom. The molecule has 0 spiro atoms. The minimum absolute atomic E-state index is 0.0837. The second-order valence-electron chi connectivity index (χ2n) is 7.78.